The fourth-order valence-electron chi connectivity index (χ4n) is 2.53. The standard InChI is InChI=1S/C16H14FN.ClH/c17-10-15(18)16-13-7-3-1-5-11(13)9-12-6-2-4-8-14(12)16;/h1-9,15H,10,18H2;1H/t15-;/m0./s1. The van der Waals surface area contributed by atoms with Gasteiger partial charge in [-0.25, -0.2) is 4.39 Å². The van der Waals surface area contributed by atoms with Crippen LogP contribution in [-0.4, -0.2) is 6.67 Å². The van der Waals surface area contributed by atoms with Gasteiger partial charge >= 0.3 is 0 Å². The third-order valence-electron chi connectivity index (χ3n) is 3.35. The lowest BCUT2D eigenvalue weighted by Crippen LogP contribution is -2.13. The highest BCUT2D eigenvalue weighted by molar-refractivity contribution is 6.02. The molecule has 0 fully saturated rings. The lowest BCUT2D eigenvalue weighted by atomic mass is 9.93. The Balaban J connectivity index is 0.00000133. The lowest BCUT2D eigenvalue weighted by Gasteiger charge is -2.15. The molecule has 19 heavy (non-hydrogen) atoms. The maximum atomic E-state index is 13.0. The van der Waals surface area contributed by atoms with Gasteiger partial charge in [-0.05, 0) is 33.2 Å². The van der Waals surface area contributed by atoms with E-state index in [0.29, 0.717) is 0 Å². The Morgan fingerprint density at radius 1 is 0.895 bits per heavy atom. The van der Waals surface area contributed by atoms with Crippen LogP contribution in [0.15, 0.2) is 54.6 Å². The van der Waals surface area contributed by atoms with E-state index >= 15 is 0 Å². The van der Waals surface area contributed by atoms with E-state index in [4.69, 9.17) is 5.73 Å². The van der Waals surface area contributed by atoms with Crippen molar-refractivity contribution in [3.63, 3.8) is 0 Å². The molecule has 3 aromatic rings. The van der Waals surface area contributed by atoms with Crippen LogP contribution in [0.1, 0.15) is 11.6 Å². The van der Waals surface area contributed by atoms with Gasteiger partial charge in [-0.15, -0.1) is 12.4 Å². The van der Waals surface area contributed by atoms with Crippen LogP contribution in [0.3, 0.4) is 0 Å². The highest BCUT2D eigenvalue weighted by Crippen LogP contribution is 2.31. The molecular weight excluding hydrogens is 261 g/mol. The zero-order valence-electron chi connectivity index (χ0n) is 10.3. The minimum Gasteiger partial charge on any atom is -0.322 e. The van der Waals surface area contributed by atoms with E-state index in [1.807, 2.05) is 48.5 Å². The minimum absolute atomic E-state index is 0. The summed E-state index contributed by atoms with van der Waals surface area (Å²) in [4.78, 5) is 0. The van der Waals surface area contributed by atoms with Crippen LogP contribution in [0.2, 0.25) is 0 Å². The van der Waals surface area contributed by atoms with Crippen LogP contribution in [0.5, 0.6) is 0 Å². The summed E-state index contributed by atoms with van der Waals surface area (Å²) in [5, 5.41) is 4.30. The summed E-state index contributed by atoms with van der Waals surface area (Å²) in [7, 11) is 0. The maximum Gasteiger partial charge on any atom is 0.109 e. The molecule has 0 unspecified atom stereocenters. The number of halogens is 2. The molecule has 0 aliphatic heterocycles. The Labute approximate surface area is 117 Å². The monoisotopic (exact) mass is 275 g/mol. The highest BCUT2D eigenvalue weighted by atomic mass is 35.5. The summed E-state index contributed by atoms with van der Waals surface area (Å²) in [5.41, 5.74) is 6.86. The molecule has 0 heterocycles. The molecule has 0 amide bonds. The minimum atomic E-state index is -0.569. The van der Waals surface area contributed by atoms with Gasteiger partial charge in [0.15, 0.2) is 0 Å². The second-order valence-corrected chi connectivity index (χ2v) is 4.49. The maximum absolute atomic E-state index is 13.0. The molecule has 0 bridgehead atoms. The van der Waals surface area contributed by atoms with E-state index in [2.05, 4.69) is 6.07 Å². The van der Waals surface area contributed by atoms with E-state index in [1.165, 1.54) is 0 Å². The SMILES string of the molecule is Cl.N[C@@H](CF)c1c2ccccc2cc2ccccc12. The second-order valence-electron chi connectivity index (χ2n) is 4.49. The molecule has 2 N–H and O–H groups in total. The first-order valence-electron chi connectivity index (χ1n) is 6.03. The first kappa shape index (κ1) is 13.8. The summed E-state index contributed by atoms with van der Waals surface area (Å²) in [6.07, 6.45) is 0. The number of benzene rings is 3. The first-order chi connectivity index (χ1) is 8.81. The molecule has 3 rings (SSSR count). The molecule has 98 valence electrons. The van der Waals surface area contributed by atoms with Gasteiger partial charge in [0.05, 0.1) is 6.04 Å². The van der Waals surface area contributed by atoms with Crippen molar-refractivity contribution < 1.29 is 4.39 Å². The van der Waals surface area contributed by atoms with Crippen molar-refractivity contribution in [1.82, 2.24) is 0 Å². The topological polar surface area (TPSA) is 26.0 Å². The van der Waals surface area contributed by atoms with Crippen molar-refractivity contribution in [3.05, 3.63) is 60.2 Å². The van der Waals surface area contributed by atoms with Gasteiger partial charge in [-0.2, -0.15) is 0 Å². The van der Waals surface area contributed by atoms with Crippen molar-refractivity contribution in [2.75, 3.05) is 6.67 Å². The largest absolute Gasteiger partial charge is 0.322 e. The van der Waals surface area contributed by atoms with Crippen LogP contribution in [-0.2, 0) is 0 Å². The third-order valence-corrected chi connectivity index (χ3v) is 3.35. The molecule has 0 spiro atoms. The summed E-state index contributed by atoms with van der Waals surface area (Å²) in [6.45, 7) is -0.544. The number of alkyl halides is 1. The Morgan fingerprint density at radius 3 is 1.84 bits per heavy atom. The van der Waals surface area contributed by atoms with Gasteiger partial charge in [0.1, 0.15) is 6.67 Å². The van der Waals surface area contributed by atoms with Crippen molar-refractivity contribution in [2.24, 2.45) is 5.73 Å². The van der Waals surface area contributed by atoms with Gasteiger partial charge in [0.2, 0.25) is 0 Å². The first-order valence-corrected chi connectivity index (χ1v) is 6.03. The number of rotatable bonds is 2. The zero-order valence-corrected chi connectivity index (χ0v) is 11.2. The van der Waals surface area contributed by atoms with E-state index in [1.54, 1.807) is 0 Å². The molecule has 3 heteroatoms. The molecule has 0 saturated carbocycles. The summed E-state index contributed by atoms with van der Waals surface area (Å²) >= 11 is 0. The molecule has 1 atom stereocenters. The smallest absolute Gasteiger partial charge is 0.109 e. The Kier molecular flexibility index (Phi) is 4.03. The van der Waals surface area contributed by atoms with Crippen LogP contribution in [0.4, 0.5) is 4.39 Å². The van der Waals surface area contributed by atoms with Crippen molar-refractivity contribution in [1.29, 1.82) is 0 Å². The van der Waals surface area contributed by atoms with Crippen LogP contribution < -0.4 is 5.73 Å². The van der Waals surface area contributed by atoms with Crippen molar-refractivity contribution in [3.8, 4) is 0 Å². The Hall–Kier alpha value is -1.64. The van der Waals surface area contributed by atoms with E-state index in [0.717, 1.165) is 27.1 Å². The normalized spacial score (nSPS) is 12.3. The van der Waals surface area contributed by atoms with Gasteiger partial charge in [0.25, 0.3) is 0 Å². The fraction of sp³-hybridized carbons (Fsp3) is 0.125. The number of fused-ring (bicyclic) bond motifs is 2. The molecule has 0 saturated heterocycles. The molecule has 0 aromatic heterocycles. The molecular formula is C16H15ClFN. The van der Waals surface area contributed by atoms with Crippen molar-refractivity contribution >= 4 is 34.0 Å². The Bertz CT molecular complexity index is 657. The average Bonchev–Trinajstić information content (AvgIpc) is 2.44. The van der Waals surface area contributed by atoms with Crippen LogP contribution >= 0.6 is 12.4 Å². The average molecular weight is 276 g/mol. The number of hydrogen-bond acceptors (Lipinski definition) is 1. The predicted molar refractivity (Wildman–Crippen MR) is 81.6 cm³/mol. The molecule has 0 aliphatic carbocycles. The van der Waals surface area contributed by atoms with E-state index in [-0.39, 0.29) is 12.4 Å². The molecule has 0 aliphatic rings. The summed E-state index contributed by atoms with van der Waals surface area (Å²) in [5.74, 6) is 0. The molecule has 0 radical (unpaired) electrons. The van der Waals surface area contributed by atoms with Gasteiger partial charge in [-0.3, -0.25) is 0 Å². The molecule has 3 aromatic carbocycles. The summed E-state index contributed by atoms with van der Waals surface area (Å²) in [6, 6.07) is 17.5. The quantitative estimate of drug-likeness (QED) is 0.690. The number of nitrogens with two attached hydrogens (primary N) is 1. The van der Waals surface area contributed by atoms with Gasteiger partial charge in [-0.1, -0.05) is 48.5 Å². The second kappa shape index (κ2) is 5.55. The summed E-state index contributed by atoms with van der Waals surface area (Å²) < 4.78 is 13.0. The van der Waals surface area contributed by atoms with Crippen LogP contribution in [0, 0.1) is 0 Å². The highest BCUT2D eigenvalue weighted by Gasteiger charge is 2.13. The van der Waals surface area contributed by atoms with Crippen LogP contribution in [0.25, 0.3) is 21.5 Å². The zero-order chi connectivity index (χ0) is 12.5. The van der Waals surface area contributed by atoms with Crippen molar-refractivity contribution in [2.45, 2.75) is 6.04 Å². The third kappa shape index (κ3) is 2.29. The number of hydrogen-bond donors (Lipinski definition) is 1. The molecule has 1 nitrogen and oxygen atoms in total. The fourth-order valence-corrected chi connectivity index (χ4v) is 2.53. The Morgan fingerprint density at radius 2 is 1.37 bits per heavy atom. The predicted octanol–water partition coefficient (Wildman–Crippen LogP) is 4.38. The lowest BCUT2D eigenvalue weighted by molar-refractivity contribution is 0.440. The van der Waals surface area contributed by atoms with Gasteiger partial charge < -0.3 is 5.73 Å². The van der Waals surface area contributed by atoms with E-state index in [9.17, 15) is 4.39 Å². The van der Waals surface area contributed by atoms with E-state index < -0.39 is 12.7 Å². The van der Waals surface area contributed by atoms with Gasteiger partial charge in [0, 0.05) is 0 Å².